The molecule has 0 saturated heterocycles. The Balaban J connectivity index is 2.32. The minimum absolute atomic E-state index is 0.0949. The van der Waals surface area contributed by atoms with E-state index in [1.54, 1.807) is 14.1 Å². The molecule has 1 unspecified atom stereocenters. The first kappa shape index (κ1) is 22.7. The van der Waals surface area contributed by atoms with Gasteiger partial charge in [-0.25, -0.2) is 14.8 Å². The molecule has 1 heterocycles. The van der Waals surface area contributed by atoms with E-state index in [-0.39, 0.29) is 12.0 Å². The van der Waals surface area contributed by atoms with Gasteiger partial charge in [0.15, 0.2) is 5.75 Å². The predicted octanol–water partition coefficient (Wildman–Crippen LogP) is 5.70. The number of rotatable bonds is 9. The molecule has 0 saturated carbocycles. The van der Waals surface area contributed by atoms with Crippen LogP contribution in [0.2, 0.25) is 0 Å². The fraction of sp³-hybridized carbons (Fsp3) is 0.522. The molecule has 1 atom stereocenters. The number of aryl methyl sites for hydroxylation is 1. The summed E-state index contributed by atoms with van der Waals surface area (Å²) in [6, 6.07) is 10.5. The molecule has 6 heteroatoms. The number of benzene rings is 1. The summed E-state index contributed by atoms with van der Waals surface area (Å²) in [7, 11) is 3.31. The third-order valence-electron chi connectivity index (χ3n) is 4.76. The van der Waals surface area contributed by atoms with Gasteiger partial charge in [-0.2, -0.15) is 0 Å². The van der Waals surface area contributed by atoms with Crippen LogP contribution in [0, 0.1) is 6.92 Å². The number of nitrogens with zero attached hydrogens (tertiary/aromatic N) is 3. The van der Waals surface area contributed by atoms with Crippen LogP contribution >= 0.6 is 0 Å². The van der Waals surface area contributed by atoms with Gasteiger partial charge in [-0.15, -0.1) is 0 Å². The molecular formula is C23H34N4O2. The summed E-state index contributed by atoms with van der Waals surface area (Å²) >= 11 is 0. The van der Waals surface area contributed by atoms with Crippen LogP contribution in [-0.2, 0) is 0 Å². The van der Waals surface area contributed by atoms with Crippen molar-refractivity contribution in [3.63, 3.8) is 0 Å². The summed E-state index contributed by atoms with van der Waals surface area (Å²) in [4.78, 5) is 22.8. The monoisotopic (exact) mass is 398 g/mol. The minimum atomic E-state index is -0.430. The van der Waals surface area contributed by atoms with Crippen molar-refractivity contribution in [3.8, 4) is 5.75 Å². The molecule has 1 aromatic carbocycles. The molecule has 0 radical (unpaired) electrons. The van der Waals surface area contributed by atoms with Crippen LogP contribution in [0.3, 0.4) is 0 Å². The summed E-state index contributed by atoms with van der Waals surface area (Å²) in [6.07, 6.45) is 4.09. The van der Waals surface area contributed by atoms with E-state index < -0.39 is 6.09 Å². The number of nitrogens with one attached hydrogen (secondary N) is 1. The summed E-state index contributed by atoms with van der Waals surface area (Å²) < 4.78 is 5.56. The highest BCUT2D eigenvalue weighted by molar-refractivity contribution is 5.70. The lowest BCUT2D eigenvalue weighted by atomic mass is 10.0. The van der Waals surface area contributed by atoms with E-state index in [1.807, 2.05) is 26.8 Å². The van der Waals surface area contributed by atoms with Crippen molar-refractivity contribution in [2.45, 2.75) is 65.3 Å². The zero-order valence-electron chi connectivity index (χ0n) is 18.5. The Kier molecular flexibility index (Phi) is 8.43. The number of anilines is 1. The van der Waals surface area contributed by atoms with Gasteiger partial charge in [0.05, 0.1) is 17.4 Å². The van der Waals surface area contributed by atoms with Crippen molar-refractivity contribution in [2.24, 2.45) is 0 Å². The van der Waals surface area contributed by atoms with Gasteiger partial charge in [0, 0.05) is 14.1 Å². The normalized spacial score (nSPS) is 12.0. The lowest BCUT2D eigenvalue weighted by Gasteiger charge is -2.22. The zero-order valence-corrected chi connectivity index (χ0v) is 18.5. The van der Waals surface area contributed by atoms with E-state index in [0.717, 1.165) is 18.5 Å². The maximum Gasteiger partial charge on any atom is 0.414 e. The Morgan fingerprint density at radius 3 is 2.41 bits per heavy atom. The maximum atomic E-state index is 12.1. The second kappa shape index (κ2) is 10.8. The second-order valence-electron chi connectivity index (χ2n) is 7.87. The van der Waals surface area contributed by atoms with Crippen LogP contribution in [0.4, 0.5) is 10.7 Å². The van der Waals surface area contributed by atoms with Gasteiger partial charge >= 0.3 is 6.09 Å². The SMILES string of the molecule is CCCCCC(Nc1nc(C)c(OC(=O)N(C)C)c(C(C)C)n1)c1ccccc1. The van der Waals surface area contributed by atoms with E-state index in [4.69, 9.17) is 9.72 Å². The van der Waals surface area contributed by atoms with Gasteiger partial charge in [-0.1, -0.05) is 70.4 Å². The lowest BCUT2D eigenvalue weighted by molar-refractivity contribution is 0.170. The van der Waals surface area contributed by atoms with Crippen molar-refractivity contribution in [2.75, 3.05) is 19.4 Å². The molecule has 158 valence electrons. The average Bonchev–Trinajstić information content (AvgIpc) is 2.69. The van der Waals surface area contributed by atoms with E-state index in [9.17, 15) is 4.79 Å². The fourth-order valence-electron chi connectivity index (χ4n) is 3.11. The zero-order chi connectivity index (χ0) is 21.4. The number of amides is 1. The first-order valence-electron chi connectivity index (χ1n) is 10.4. The lowest BCUT2D eigenvalue weighted by Crippen LogP contribution is -2.26. The molecule has 1 N–H and O–H groups in total. The van der Waals surface area contributed by atoms with Gasteiger partial charge in [0.25, 0.3) is 0 Å². The first-order chi connectivity index (χ1) is 13.8. The van der Waals surface area contributed by atoms with E-state index >= 15 is 0 Å². The van der Waals surface area contributed by atoms with E-state index in [2.05, 4.69) is 41.5 Å². The molecule has 0 aliphatic carbocycles. The minimum Gasteiger partial charge on any atom is -0.406 e. The molecule has 2 rings (SSSR count). The Bertz CT molecular complexity index is 791. The number of ether oxygens (including phenoxy) is 1. The molecule has 6 nitrogen and oxygen atoms in total. The van der Waals surface area contributed by atoms with Crippen LogP contribution in [0.15, 0.2) is 30.3 Å². The Morgan fingerprint density at radius 1 is 1.14 bits per heavy atom. The first-order valence-corrected chi connectivity index (χ1v) is 10.4. The summed E-state index contributed by atoms with van der Waals surface area (Å²) in [5.41, 5.74) is 2.61. The van der Waals surface area contributed by atoms with Gasteiger partial charge in [0.2, 0.25) is 5.95 Å². The molecule has 0 fully saturated rings. The van der Waals surface area contributed by atoms with Gasteiger partial charge < -0.3 is 15.0 Å². The number of carbonyl (C=O) groups excluding carboxylic acids is 1. The van der Waals surface area contributed by atoms with Crippen molar-refractivity contribution in [3.05, 3.63) is 47.3 Å². The largest absolute Gasteiger partial charge is 0.414 e. The molecule has 29 heavy (non-hydrogen) atoms. The maximum absolute atomic E-state index is 12.1. The average molecular weight is 399 g/mol. The van der Waals surface area contributed by atoms with Crippen LogP contribution in [0.5, 0.6) is 5.75 Å². The van der Waals surface area contributed by atoms with Crippen LogP contribution < -0.4 is 10.1 Å². The number of aromatic nitrogens is 2. The predicted molar refractivity (Wildman–Crippen MR) is 118 cm³/mol. The smallest absolute Gasteiger partial charge is 0.406 e. The van der Waals surface area contributed by atoms with Gasteiger partial charge in [-0.3, -0.25) is 0 Å². The molecule has 0 aliphatic heterocycles. The van der Waals surface area contributed by atoms with Crippen LogP contribution in [0.1, 0.15) is 75.4 Å². The Hall–Kier alpha value is -2.63. The number of hydrogen-bond acceptors (Lipinski definition) is 5. The van der Waals surface area contributed by atoms with E-state index in [1.165, 1.54) is 23.3 Å². The Morgan fingerprint density at radius 2 is 1.83 bits per heavy atom. The Labute approximate surface area is 174 Å². The van der Waals surface area contributed by atoms with Crippen molar-refractivity contribution in [1.29, 1.82) is 0 Å². The quantitative estimate of drug-likeness (QED) is 0.549. The van der Waals surface area contributed by atoms with Gasteiger partial charge in [0.1, 0.15) is 0 Å². The number of hydrogen-bond donors (Lipinski definition) is 1. The van der Waals surface area contributed by atoms with Crippen molar-refractivity contribution in [1.82, 2.24) is 14.9 Å². The fourth-order valence-corrected chi connectivity index (χ4v) is 3.11. The summed E-state index contributed by atoms with van der Waals surface area (Å²) in [5, 5.41) is 3.52. The van der Waals surface area contributed by atoms with Gasteiger partial charge in [-0.05, 0) is 24.8 Å². The highest BCUT2D eigenvalue weighted by atomic mass is 16.6. The topological polar surface area (TPSA) is 67.4 Å². The van der Waals surface area contributed by atoms with Crippen LogP contribution in [-0.4, -0.2) is 35.1 Å². The molecule has 1 aromatic heterocycles. The standard InChI is InChI=1S/C23H34N4O2/c1-7-8-10-15-19(18-13-11-9-12-14-18)25-22-24-17(4)21(20(26-22)16(2)3)29-23(28)27(5)6/h9,11-14,16,19H,7-8,10,15H2,1-6H3,(H,24,25,26). The van der Waals surface area contributed by atoms with Crippen LogP contribution in [0.25, 0.3) is 0 Å². The molecule has 0 spiro atoms. The van der Waals surface area contributed by atoms with Crippen molar-refractivity contribution < 1.29 is 9.53 Å². The second-order valence-corrected chi connectivity index (χ2v) is 7.87. The molecule has 1 amide bonds. The van der Waals surface area contributed by atoms with E-state index in [0.29, 0.717) is 17.4 Å². The highest BCUT2D eigenvalue weighted by Gasteiger charge is 2.21. The molecule has 0 aliphatic rings. The molecule has 0 bridgehead atoms. The van der Waals surface area contributed by atoms with Crippen molar-refractivity contribution >= 4 is 12.0 Å². The third kappa shape index (κ3) is 6.44. The number of unbranched alkanes of at least 4 members (excludes halogenated alkanes) is 2. The third-order valence-corrected chi connectivity index (χ3v) is 4.76. The molecule has 2 aromatic rings. The number of carbonyl (C=O) groups is 1. The highest BCUT2D eigenvalue weighted by Crippen LogP contribution is 2.31. The summed E-state index contributed by atoms with van der Waals surface area (Å²) in [6.45, 7) is 8.13. The summed E-state index contributed by atoms with van der Waals surface area (Å²) in [5.74, 6) is 1.12. The molecular weight excluding hydrogens is 364 g/mol.